The van der Waals surface area contributed by atoms with E-state index in [1.807, 2.05) is 18.2 Å². The van der Waals surface area contributed by atoms with Crippen molar-refractivity contribution in [2.24, 2.45) is 0 Å². The lowest BCUT2D eigenvalue weighted by Crippen LogP contribution is -2.02. The monoisotopic (exact) mass is 337 g/mol. The molecule has 2 N–H and O–H groups in total. The molecule has 0 aliphatic carbocycles. The van der Waals surface area contributed by atoms with E-state index in [4.69, 9.17) is 10.5 Å². The lowest BCUT2D eigenvalue weighted by atomic mass is 10.1. The van der Waals surface area contributed by atoms with E-state index in [0.29, 0.717) is 22.5 Å². The van der Waals surface area contributed by atoms with Crippen LogP contribution in [-0.4, -0.2) is 6.61 Å². The van der Waals surface area contributed by atoms with E-state index in [-0.39, 0.29) is 5.82 Å². The van der Waals surface area contributed by atoms with Gasteiger partial charge in [-0.3, -0.25) is 0 Å². The van der Waals surface area contributed by atoms with Crippen molar-refractivity contribution < 1.29 is 9.13 Å². The Morgan fingerprint density at radius 2 is 1.85 bits per heavy atom. The predicted molar refractivity (Wildman–Crippen MR) is 83.4 cm³/mol. The largest absolute Gasteiger partial charge is 0.491 e. The van der Waals surface area contributed by atoms with Gasteiger partial charge in [0.2, 0.25) is 0 Å². The number of halogens is 2. The summed E-state index contributed by atoms with van der Waals surface area (Å²) in [6.45, 7) is 0.540. The third-order valence-electron chi connectivity index (χ3n) is 3.01. The average molecular weight is 338 g/mol. The van der Waals surface area contributed by atoms with Crippen LogP contribution < -0.4 is 10.5 Å². The van der Waals surface area contributed by atoms with Gasteiger partial charge < -0.3 is 10.5 Å². The number of ether oxygens (including phenoxy) is 1. The number of aryl methyl sites for hydroxylation is 1. The topological polar surface area (TPSA) is 35.2 Å². The summed E-state index contributed by atoms with van der Waals surface area (Å²) in [5.41, 5.74) is 7.54. The number of rotatable bonds is 6. The van der Waals surface area contributed by atoms with Gasteiger partial charge in [-0.1, -0.05) is 30.3 Å². The highest BCUT2D eigenvalue weighted by atomic mass is 79.9. The predicted octanol–water partition coefficient (Wildman–Crippen LogP) is 4.57. The summed E-state index contributed by atoms with van der Waals surface area (Å²) in [4.78, 5) is 0. The Labute approximate surface area is 126 Å². The van der Waals surface area contributed by atoms with Crippen molar-refractivity contribution in [2.75, 3.05) is 12.3 Å². The molecular weight excluding hydrogens is 321 g/mol. The summed E-state index contributed by atoms with van der Waals surface area (Å²) in [6, 6.07) is 13.2. The number of anilines is 1. The first-order chi connectivity index (χ1) is 9.66. The number of hydrogen-bond acceptors (Lipinski definition) is 2. The van der Waals surface area contributed by atoms with Crippen LogP contribution in [0.3, 0.4) is 0 Å². The van der Waals surface area contributed by atoms with Gasteiger partial charge in [0.15, 0.2) is 0 Å². The minimum atomic E-state index is -0.363. The minimum absolute atomic E-state index is 0.353. The van der Waals surface area contributed by atoms with Crippen LogP contribution in [-0.2, 0) is 6.42 Å². The molecule has 0 fully saturated rings. The second kappa shape index (κ2) is 7.29. The first-order valence-corrected chi connectivity index (χ1v) is 7.37. The van der Waals surface area contributed by atoms with Crippen molar-refractivity contribution in [1.29, 1.82) is 0 Å². The Hall–Kier alpha value is -1.55. The molecule has 0 bridgehead atoms. The van der Waals surface area contributed by atoms with Crippen LogP contribution in [0.4, 0.5) is 10.1 Å². The molecule has 0 aromatic heterocycles. The Morgan fingerprint density at radius 1 is 1.10 bits per heavy atom. The Bertz CT molecular complexity index is 560. The van der Waals surface area contributed by atoms with Crippen molar-refractivity contribution in [3.05, 3.63) is 58.3 Å². The van der Waals surface area contributed by atoms with E-state index in [0.717, 1.165) is 19.3 Å². The molecule has 2 aromatic rings. The second-order valence-electron chi connectivity index (χ2n) is 4.60. The minimum Gasteiger partial charge on any atom is -0.491 e. The molecule has 0 saturated carbocycles. The van der Waals surface area contributed by atoms with Crippen molar-refractivity contribution in [3.63, 3.8) is 0 Å². The van der Waals surface area contributed by atoms with E-state index in [1.54, 1.807) is 0 Å². The summed E-state index contributed by atoms with van der Waals surface area (Å²) in [7, 11) is 0. The SMILES string of the molecule is Nc1cc(Br)c(F)cc1OCCCCc1ccccc1. The fourth-order valence-electron chi connectivity index (χ4n) is 1.93. The maximum atomic E-state index is 13.4. The molecule has 2 nitrogen and oxygen atoms in total. The lowest BCUT2D eigenvalue weighted by molar-refractivity contribution is 0.307. The van der Waals surface area contributed by atoms with E-state index < -0.39 is 0 Å². The molecule has 106 valence electrons. The van der Waals surface area contributed by atoms with Gasteiger partial charge in [0, 0.05) is 6.07 Å². The maximum absolute atomic E-state index is 13.4. The molecule has 0 unspecified atom stereocenters. The lowest BCUT2D eigenvalue weighted by Gasteiger charge is -2.09. The Kier molecular flexibility index (Phi) is 5.41. The third kappa shape index (κ3) is 4.23. The highest BCUT2D eigenvalue weighted by Crippen LogP contribution is 2.28. The molecule has 0 heterocycles. The van der Waals surface area contributed by atoms with Crippen molar-refractivity contribution in [3.8, 4) is 5.75 Å². The zero-order chi connectivity index (χ0) is 14.4. The molecule has 0 amide bonds. The van der Waals surface area contributed by atoms with Crippen LogP contribution in [0.5, 0.6) is 5.75 Å². The molecule has 2 rings (SSSR count). The number of unbranched alkanes of at least 4 members (excludes halogenated alkanes) is 1. The highest BCUT2D eigenvalue weighted by molar-refractivity contribution is 9.10. The maximum Gasteiger partial charge on any atom is 0.145 e. The van der Waals surface area contributed by atoms with Crippen LogP contribution in [0, 0.1) is 5.82 Å². The summed E-state index contributed by atoms with van der Waals surface area (Å²) in [6.07, 6.45) is 2.96. The zero-order valence-electron chi connectivity index (χ0n) is 11.1. The van der Waals surface area contributed by atoms with Gasteiger partial charge in [0.1, 0.15) is 11.6 Å². The molecule has 0 spiro atoms. The van der Waals surface area contributed by atoms with Crippen molar-refractivity contribution in [2.45, 2.75) is 19.3 Å². The Morgan fingerprint density at radius 3 is 2.60 bits per heavy atom. The van der Waals surface area contributed by atoms with Crippen LogP contribution >= 0.6 is 15.9 Å². The molecular formula is C16H17BrFNO. The van der Waals surface area contributed by atoms with Crippen LogP contribution in [0.2, 0.25) is 0 Å². The smallest absolute Gasteiger partial charge is 0.145 e. The number of benzene rings is 2. The summed E-state index contributed by atoms with van der Waals surface area (Å²) < 4.78 is 19.3. The van der Waals surface area contributed by atoms with E-state index in [2.05, 4.69) is 28.1 Å². The van der Waals surface area contributed by atoms with Gasteiger partial charge in [-0.25, -0.2) is 4.39 Å². The van der Waals surface area contributed by atoms with Gasteiger partial charge >= 0.3 is 0 Å². The quantitative estimate of drug-likeness (QED) is 0.618. The molecule has 0 aliphatic rings. The first kappa shape index (κ1) is 14.9. The highest BCUT2D eigenvalue weighted by Gasteiger charge is 2.06. The summed E-state index contributed by atoms with van der Waals surface area (Å²) >= 11 is 3.09. The summed E-state index contributed by atoms with van der Waals surface area (Å²) in [5, 5.41) is 0. The average Bonchev–Trinajstić information content (AvgIpc) is 2.45. The number of nitrogens with two attached hydrogens (primary N) is 1. The van der Waals surface area contributed by atoms with Crippen molar-refractivity contribution >= 4 is 21.6 Å². The van der Waals surface area contributed by atoms with Gasteiger partial charge in [0.25, 0.3) is 0 Å². The van der Waals surface area contributed by atoms with E-state index in [1.165, 1.54) is 17.7 Å². The van der Waals surface area contributed by atoms with Crippen LogP contribution in [0.25, 0.3) is 0 Å². The fraction of sp³-hybridized carbons (Fsp3) is 0.250. The molecule has 0 aliphatic heterocycles. The molecule has 0 saturated heterocycles. The molecule has 20 heavy (non-hydrogen) atoms. The van der Waals surface area contributed by atoms with Gasteiger partial charge in [0.05, 0.1) is 16.8 Å². The van der Waals surface area contributed by atoms with Crippen LogP contribution in [0.15, 0.2) is 46.9 Å². The normalized spacial score (nSPS) is 10.5. The standard InChI is InChI=1S/C16H17BrFNO/c17-13-10-15(19)16(11-14(13)18)20-9-5-4-8-12-6-2-1-3-7-12/h1-3,6-7,10-11H,4-5,8-9,19H2. The first-order valence-electron chi connectivity index (χ1n) is 6.58. The molecule has 4 heteroatoms. The number of hydrogen-bond donors (Lipinski definition) is 1. The Balaban J connectivity index is 1.75. The molecule has 0 atom stereocenters. The third-order valence-corrected chi connectivity index (χ3v) is 3.62. The van der Waals surface area contributed by atoms with Gasteiger partial charge in [-0.15, -0.1) is 0 Å². The number of nitrogen functional groups attached to an aromatic ring is 1. The fourth-order valence-corrected chi connectivity index (χ4v) is 2.29. The summed E-state index contributed by atoms with van der Waals surface area (Å²) in [5.74, 6) is 0.0453. The van der Waals surface area contributed by atoms with Gasteiger partial charge in [-0.2, -0.15) is 0 Å². The molecule has 2 aromatic carbocycles. The van der Waals surface area contributed by atoms with Crippen LogP contribution in [0.1, 0.15) is 18.4 Å². The van der Waals surface area contributed by atoms with E-state index in [9.17, 15) is 4.39 Å². The zero-order valence-corrected chi connectivity index (χ0v) is 12.7. The van der Waals surface area contributed by atoms with Crippen molar-refractivity contribution in [1.82, 2.24) is 0 Å². The van der Waals surface area contributed by atoms with Gasteiger partial charge in [-0.05, 0) is 46.8 Å². The second-order valence-corrected chi connectivity index (χ2v) is 5.45. The van der Waals surface area contributed by atoms with E-state index >= 15 is 0 Å². The molecule has 0 radical (unpaired) electrons.